The second-order valence-electron chi connectivity index (χ2n) is 4.48. The normalized spacial score (nSPS) is 10.6. The second kappa shape index (κ2) is 6.05. The maximum absolute atomic E-state index is 13.0. The van der Waals surface area contributed by atoms with Crippen LogP contribution in [0.3, 0.4) is 0 Å². The molecule has 1 N–H and O–H groups in total. The third kappa shape index (κ3) is 3.36. The fourth-order valence-electron chi connectivity index (χ4n) is 1.89. The van der Waals surface area contributed by atoms with E-state index in [1.54, 1.807) is 0 Å². The summed E-state index contributed by atoms with van der Waals surface area (Å²) in [6.45, 7) is 3.65. The van der Waals surface area contributed by atoms with Crippen molar-refractivity contribution in [1.29, 1.82) is 0 Å². The van der Waals surface area contributed by atoms with E-state index in [0.717, 1.165) is 17.0 Å². The maximum atomic E-state index is 13.0. The van der Waals surface area contributed by atoms with Crippen molar-refractivity contribution in [3.63, 3.8) is 0 Å². The molecule has 106 valence electrons. The van der Waals surface area contributed by atoms with Gasteiger partial charge in [-0.05, 0) is 38.5 Å². The highest BCUT2D eigenvalue weighted by Gasteiger charge is 2.11. The summed E-state index contributed by atoms with van der Waals surface area (Å²) in [7, 11) is 0. The van der Waals surface area contributed by atoms with Gasteiger partial charge < -0.3 is 9.84 Å². The summed E-state index contributed by atoms with van der Waals surface area (Å²) in [6, 6.07) is 4.06. The van der Waals surface area contributed by atoms with Gasteiger partial charge in [0.15, 0.2) is 0 Å². The summed E-state index contributed by atoms with van der Waals surface area (Å²) < 4.78 is 18.0. The highest BCUT2D eigenvalue weighted by molar-refractivity contribution is 6.31. The molecule has 1 aromatic carbocycles. The average Bonchev–Trinajstić information content (AvgIpc) is 2.71. The Morgan fingerprint density at radius 3 is 2.80 bits per heavy atom. The quantitative estimate of drug-likeness (QED) is 0.937. The fourth-order valence-corrected chi connectivity index (χ4v) is 2.08. The van der Waals surface area contributed by atoms with E-state index in [9.17, 15) is 9.18 Å². The molecular weight excluding hydrogens is 283 g/mol. The summed E-state index contributed by atoms with van der Waals surface area (Å²) in [5.74, 6) is 0.0354. The molecule has 1 heterocycles. The minimum Gasteiger partial charge on any atom is -0.361 e. The fraction of sp³-hybridized carbons (Fsp3) is 0.286. The zero-order valence-corrected chi connectivity index (χ0v) is 11.9. The topological polar surface area (TPSA) is 55.1 Å². The SMILES string of the molecule is Cc1noc(C)c1CCC(=O)Nc1ccc(F)c(Cl)c1. The van der Waals surface area contributed by atoms with Crippen LogP contribution in [0.1, 0.15) is 23.4 Å². The lowest BCUT2D eigenvalue weighted by Gasteiger charge is -2.06. The molecule has 0 saturated carbocycles. The van der Waals surface area contributed by atoms with Crippen LogP contribution in [0.2, 0.25) is 5.02 Å². The number of aromatic nitrogens is 1. The Labute approximate surface area is 120 Å². The van der Waals surface area contributed by atoms with Gasteiger partial charge in [0.25, 0.3) is 0 Å². The number of amides is 1. The smallest absolute Gasteiger partial charge is 0.224 e. The standard InChI is InChI=1S/C14H14ClFN2O2/c1-8-11(9(2)20-18-8)4-6-14(19)17-10-3-5-13(16)12(15)7-10/h3,5,7H,4,6H2,1-2H3,(H,17,19). The molecule has 2 rings (SSSR count). The molecule has 1 amide bonds. The molecule has 0 bridgehead atoms. The summed E-state index contributed by atoms with van der Waals surface area (Å²) in [5.41, 5.74) is 2.21. The Morgan fingerprint density at radius 1 is 1.45 bits per heavy atom. The average molecular weight is 297 g/mol. The van der Waals surface area contributed by atoms with Crippen LogP contribution in [0, 0.1) is 19.7 Å². The first-order valence-electron chi connectivity index (χ1n) is 6.14. The van der Waals surface area contributed by atoms with Gasteiger partial charge in [0.05, 0.1) is 10.7 Å². The van der Waals surface area contributed by atoms with Crippen molar-refractivity contribution in [2.75, 3.05) is 5.32 Å². The number of carbonyl (C=O) groups excluding carboxylic acids is 1. The van der Waals surface area contributed by atoms with Crippen LogP contribution in [0.15, 0.2) is 22.7 Å². The molecule has 20 heavy (non-hydrogen) atoms. The number of aryl methyl sites for hydroxylation is 2. The maximum Gasteiger partial charge on any atom is 0.224 e. The van der Waals surface area contributed by atoms with E-state index in [2.05, 4.69) is 10.5 Å². The molecule has 0 aliphatic heterocycles. The van der Waals surface area contributed by atoms with E-state index >= 15 is 0 Å². The molecule has 0 unspecified atom stereocenters. The number of benzene rings is 1. The zero-order valence-electron chi connectivity index (χ0n) is 11.2. The van der Waals surface area contributed by atoms with Crippen molar-refractivity contribution < 1.29 is 13.7 Å². The molecule has 0 spiro atoms. The third-order valence-corrected chi connectivity index (χ3v) is 3.28. The highest BCUT2D eigenvalue weighted by atomic mass is 35.5. The Kier molecular flexibility index (Phi) is 4.39. The summed E-state index contributed by atoms with van der Waals surface area (Å²) in [5, 5.41) is 6.48. The number of rotatable bonds is 4. The lowest BCUT2D eigenvalue weighted by atomic mass is 10.1. The van der Waals surface area contributed by atoms with Crippen molar-refractivity contribution in [3.05, 3.63) is 46.1 Å². The molecule has 0 aliphatic rings. The molecule has 1 aromatic heterocycles. The van der Waals surface area contributed by atoms with Crippen molar-refractivity contribution in [1.82, 2.24) is 5.16 Å². The van der Waals surface area contributed by atoms with Gasteiger partial charge >= 0.3 is 0 Å². The van der Waals surface area contributed by atoms with Crippen molar-refractivity contribution in [2.24, 2.45) is 0 Å². The minimum absolute atomic E-state index is 0.0199. The molecule has 6 heteroatoms. The Balaban J connectivity index is 1.94. The molecule has 4 nitrogen and oxygen atoms in total. The second-order valence-corrected chi connectivity index (χ2v) is 4.89. The number of carbonyl (C=O) groups is 1. The first-order chi connectivity index (χ1) is 9.47. The molecular formula is C14H14ClFN2O2. The van der Waals surface area contributed by atoms with Crippen LogP contribution < -0.4 is 5.32 Å². The zero-order chi connectivity index (χ0) is 14.7. The summed E-state index contributed by atoms with van der Waals surface area (Å²) >= 11 is 5.65. The molecule has 0 aliphatic carbocycles. The molecule has 0 fully saturated rings. The summed E-state index contributed by atoms with van der Waals surface area (Å²) in [6.07, 6.45) is 0.833. The van der Waals surface area contributed by atoms with Gasteiger partial charge in [-0.3, -0.25) is 4.79 Å². The van der Waals surface area contributed by atoms with E-state index in [-0.39, 0.29) is 17.4 Å². The first kappa shape index (κ1) is 14.5. The van der Waals surface area contributed by atoms with Crippen LogP contribution in [-0.2, 0) is 11.2 Å². The number of nitrogens with zero attached hydrogens (tertiary/aromatic N) is 1. The predicted molar refractivity (Wildman–Crippen MR) is 74.3 cm³/mol. The lowest BCUT2D eigenvalue weighted by molar-refractivity contribution is -0.116. The van der Waals surface area contributed by atoms with Crippen LogP contribution >= 0.6 is 11.6 Å². The van der Waals surface area contributed by atoms with Gasteiger partial charge in [-0.15, -0.1) is 0 Å². The largest absolute Gasteiger partial charge is 0.361 e. The monoisotopic (exact) mass is 296 g/mol. The molecule has 2 aromatic rings. The van der Waals surface area contributed by atoms with E-state index in [1.807, 2.05) is 13.8 Å². The van der Waals surface area contributed by atoms with E-state index < -0.39 is 5.82 Å². The Hall–Kier alpha value is -1.88. The predicted octanol–water partition coefficient (Wildman–Crippen LogP) is 3.66. The van der Waals surface area contributed by atoms with Gasteiger partial charge in [0, 0.05) is 17.7 Å². The van der Waals surface area contributed by atoms with Gasteiger partial charge in [-0.25, -0.2) is 4.39 Å². The Morgan fingerprint density at radius 2 is 2.20 bits per heavy atom. The third-order valence-electron chi connectivity index (χ3n) is 2.99. The number of halogens is 2. The number of hydrogen-bond donors (Lipinski definition) is 1. The van der Waals surface area contributed by atoms with Crippen LogP contribution in [-0.4, -0.2) is 11.1 Å². The number of anilines is 1. The highest BCUT2D eigenvalue weighted by Crippen LogP contribution is 2.20. The van der Waals surface area contributed by atoms with E-state index in [0.29, 0.717) is 12.1 Å². The molecule has 0 radical (unpaired) electrons. The van der Waals surface area contributed by atoms with Crippen LogP contribution in [0.5, 0.6) is 0 Å². The molecule has 0 saturated heterocycles. The van der Waals surface area contributed by atoms with Crippen LogP contribution in [0.25, 0.3) is 0 Å². The van der Waals surface area contributed by atoms with Crippen LogP contribution in [0.4, 0.5) is 10.1 Å². The number of hydrogen-bond acceptors (Lipinski definition) is 3. The molecule has 0 atom stereocenters. The minimum atomic E-state index is -0.514. The summed E-state index contributed by atoms with van der Waals surface area (Å²) in [4.78, 5) is 11.8. The van der Waals surface area contributed by atoms with Gasteiger partial charge in [-0.1, -0.05) is 16.8 Å². The van der Waals surface area contributed by atoms with Crippen molar-refractivity contribution in [3.8, 4) is 0 Å². The van der Waals surface area contributed by atoms with Gasteiger partial charge in [-0.2, -0.15) is 0 Å². The van der Waals surface area contributed by atoms with Crippen molar-refractivity contribution in [2.45, 2.75) is 26.7 Å². The van der Waals surface area contributed by atoms with Crippen molar-refractivity contribution >= 4 is 23.2 Å². The first-order valence-corrected chi connectivity index (χ1v) is 6.52. The Bertz CT molecular complexity index is 621. The van der Waals surface area contributed by atoms with E-state index in [1.165, 1.54) is 18.2 Å². The van der Waals surface area contributed by atoms with E-state index in [4.69, 9.17) is 16.1 Å². The number of nitrogens with one attached hydrogen (secondary N) is 1. The van der Waals surface area contributed by atoms with Gasteiger partial charge in [0.1, 0.15) is 11.6 Å². The lowest BCUT2D eigenvalue weighted by Crippen LogP contribution is -2.12. The van der Waals surface area contributed by atoms with Gasteiger partial charge in [0.2, 0.25) is 5.91 Å².